The van der Waals surface area contributed by atoms with Gasteiger partial charge in [-0.15, -0.1) is 0 Å². The molecule has 0 aliphatic carbocycles. The molecule has 3 N–H and O–H groups in total. The Morgan fingerprint density at radius 1 is 0.962 bits per heavy atom. The van der Waals surface area contributed by atoms with Crippen LogP contribution in [0.25, 0.3) is 0 Å². The van der Waals surface area contributed by atoms with Crippen LogP contribution < -0.4 is 5.32 Å². The number of nitrogens with one attached hydrogen (secondary N) is 1. The predicted octanol–water partition coefficient (Wildman–Crippen LogP) is 2.52. The average molecular weight is 376 g/mol. The number of phenolic OH excluding ortho intramolecular Hbond substituents is 2. The van der Waals surface area contributed by atoms with Crippen LogP contribution in [0.5, 0.6) is 11.5 Å². The predicted molar refractivity (Wildman–Crippen MR) is 96.8 cm³/mol. The molecule has 0 unspecified atom stereocenters. The van der Waals surface area contributed by atoms with E-state index in [-0.39, 0.29) is 27.6 Å². The third-order valence-electron chi connectivity index (χ3n) is 4.32. The van der Waals surface area contributed by atoms with Crippen molar-refractivity contribution in [3.05, 3.63) is 48.0 Å². The number of anilines is 1. The van der Waals surface area contributed by atoms with E-state index in [0.29, 0.717) is 13.1 Å². The van der Waals surface area contributed by atoms with Crippen molar-refractivity contribution in [3.8, 4) is 11.5 Å². The molecule has 2 aromatic carbocycles. The minimum Gasteiger partial charge on any atom is -0.507 e. The van der Waals surface area contributed by atoms with Gasteiger partial charge < -0.3 is 15.5 Å². The van der Waals surface area contributed by atoms with Gasteiger partial charge in [0.2, 0.25) is 10.0 Å². The van der Waals surface area contributed by atoms with Crippen molar-refractivity contribution in [2.75, 3.05) is 18.4 Å². The zero-order valence-corrected chi connectivity index (χ0v) is 14.9. The van der Waals surface area contributed by atoms with Gasteiger partial charge >= 0.3 is 0 Å². The summed E-state index contributed by atoms with van der Waals surface area (Å²) in [6.07, 6.45) is 2.60. The van der Waals surface area contributed by atoms with Gasteiger partial charge in [-0.25, -0.2) is 8.42 Å². The lowest BCUT2D eigenvalue weighted by molar-refractivity contribution is 0.102. The Bertz CT molecular complexity index is 921. The van der Waals surface area contributed by atoms with Gasteiger partial charge in [0.15, 0.2) is 0 Å². The highest BCUT2D eigenvalue weighted by Gasteiger charge is 2.27. The Morgan fingerprint density at radius 2 is 1.65 bits per heavy atom. The summed E-state index contributed by atoms with van der Waals surface area (Å²) in [5.41, 5.74) is -0.00692. The van der Waals surface area contributed by atoms with Gasteiger partial charge in [0.05, 0.1) is 16.1 Å². The van der Waals surface area contributed by atoms with Crippen molar-refractivity contribution >= 4 is 21.6 Å². The van der Waals surface area contributed by atoms with Crippen LogP contribution >= 0.6 is 0 Å². The van der Waals surface area contributed by atoms with Crippen LogP contribution in [0.15, 0.2) is 47.4 Å². The first-order chi connectivity index (χ1) is 12.4. The van der Waals surface area contributed by atoms with Gasteiger partial charge in [-0.05, 0) is 43.2 Å². The maximum atomic E-state index is 12.8. The maximum absolute atomic E-state index is 12.8. The number of benzene rings is 2. The van der Waals surface area contributed by atoms with Crippen molar-refractivity contribution in [1.82, 2.24) is 4.31 Å². The highest BCUT2D eigenvalue weighted by Crippen LogP contribution is 2.28. The molecule has 1 saturated heterocycles. The molecule has 1 fully saturated rings. The van der Waals surface area contributed by atoms with E-state index in [4.69, 9.17) is 0 Å². The third-order valence-corrected chi connectivity index (χ3v) is 6.21. The molecular formula is C18H20N2O5S. The molecule has 1 aliphatic heterocycles. The van der Waals surface area contributed by atoms with E-state index in [1.54, 1.807) is 12.1 Å². The van der Waals surface area contributed by atoms with Crippen LogP contribution in [0.4, 0.5) is 5.69 Å². The van der Waals surface area contributed by atoms with Crippen molar-refractivity contribution in [1.29, 1.82) is 0 Å². The van der Waals surface area contributed by atoms with Crippen LogP contribution in [0.2, 0.25) is 0 Å². The van der Waals surface area contributed by atoms with Gasteiger partial charge in [-0.1, -0.05) is 18.6 Å². The van der Waals surface area contributed by atoms with Gasteiger partial charge in [0.25, 0.3) is 5.91 Å². The average Bonchev–Trinajstić information content (AvgIpc) is 2.64. The number of carbonyl (C=O) groups is 1. The molecular weight excluding hydrogens is 356 g/mol. The normalized spacial score (nSPS) is 15.5. The molecule has 0 spiro atoms. The molecule has 2 aromatic rings. The molecule has 8 heteroatoms. The molecule has 1 heterocycles. The van der Waals surface area contributed by atoms with E-state index in [0.717, 1.165) is 25.3 Å². The van der Waals surface area contributed by atoms with Gasteiger partial charge in [-0.2, -0.15) is 4.31 Å². The number of amides is 1. The fourth-order valence-electron chi connectivity index (χ4n) is 2.88. The van der Waals surface area contributed by atoms with E-state index in [1.165, 1.54) is 28.6 Å². The highest BCUT2D eigenvalue weighted by molar-refractivity contribution is 7.89. The number of phenols is 2. The molecule has 1 amide bonds. The second-order valence-electron chi connectivity index (χ2n) is 6.11. The van der Waals surface area contributed by atoms with Gasteiger partial charge in [0.1, 0.15) is 11.5 Å². The smallest absolute Gasteiger partial charge is 0.259 e. The van der Waals surface area contributed by atoms with Crippen LogP contribution in [0, 0.1) is 0 Å². The lowest BCUT2D eigenvalue weighted by Gasteiger charge is -2.26. The second-order valence-corrected chi connectivity index (χ2v) is 8.05. The first-order valence-electron chi connectivity index (χ1n) is 8.32. The molecule has 7 nitrogen and oxygen atoms in total. The van der Waals surface area contributed by atoms with E-state index >= 15 is 0 Å². The minimum atomic E-state index is -3.72. The largest absolute Gasteiger partial charge is 0.507 e. The van der Waals surface area contributed by atoms with E-state index in [2.05, 4.69) is 5.32 Å². The van der Waals surface area contributed by atoms with Crippen molar-refractivity contribution in [2.24, 2.45) is 0 Å². The quantitative estimate of drug-likeness (QED) is 0.711. The number of hydrogen-bond donors (Lipinski definition) is 3. The Kier molecular flexibility index (Phi) is 5.15. The summed E-state index contributed by atoms with van der Waals surface area (Å²) in [4.78, 5) is 12.4. The summed E-state index contributed by atoms with van der Waals surface area (Å²) in [6.45, 7) is 0.894. The molecule has 138 valence electrons. The third kappa shape index (κ3) is 3.66. The molecule has 0 radical (unpaired) electrons. The summed E-state index contributed by atoms with van der Waals surface area (Å²) < 4.78 is 26.9. The summed E-state index contributed by atoms with van der Waals surface area (Å²) >= 11 is 0. The first kappa shape index (κ1) is 18.2. The van der Waals surface area contributed by atoms with Crippen molar-refractivity contribution in [2.45, 2.75) is 24.2 Å². The number of carbonyl (C=O) groups excluding carboxylic acids is 1. The first-order valence-corrected chi connectivity index (χ1v) is 9.76. The molecule has 1 aliphatic rings. The van der Waals surface area contributed by atoms with E-state index in [9.17, 15) is 23.4 Å². The maximum Gasteiger partial charge on any atom is 0.259 e. The Hall–Kier alpha value is -2.58. The second kappa shape index (κ2) is 7.35. The highest BCUT2D eigenvalue weighted by atomic mass is 32.2. The fraction of sp³-hybridized carbons (Fsp3) is 0.278. The van der Waals surface area contributed by atoms with Crippen molar-refractivity contribution in [3.63, 3.8) is 0 Å². The lowest BCUT2D eigenvalue weighted by atomic mass is 10.2. The molecule has 0 saturated carbocycles. The number of para-hydroxylation sites is 2. The monoisotopic (exact) mass is 376 g/mol. The topological polar surface area (TPSA) is 107 Å². The minimum absolute atomic E-state index is 0.0420. The van der Waals surface area contributed by atoms with Crippen LogP contribution in [-0.4, -0.2) is 41.9 Å². The SMILES string of the molecule is O=C(Nc1ccccc1O)c1cc(S(=O)(=O)N2CCCCC2)ccc1O. The molecule has 0 atom stereocenters. The van der Waals surface area contributed by atoms with Gasteiger partial charge in [0, 0.05) is 13.1 Å². The molecule has 26 heavy (non-hydrogen) atoms. The van der Waals surface area contributed by atoms with Crippen molar-refractivity contribution < 1.29 is 23.4 Å². The number of piperidine rings is 1. The van der Waals surface area contributed by atoms with Gasteiger partial charge in [-0.3, -0.25) is 4.79 Å². The van der Waals surface area contributed by atoms with Crippen LogP contribution in [0.1, 0.15) is 29.6 Å². The summed E-state index contributed by atoms with van der Waals surface area (Å²) in [5, 5.41) is 22.2. The summed E-state index contributed by atoms with van der Waals surface area (Å²) in [5.74, 6) is -1.17. The molecule has 0 aromatic heterocycles. The number of rotatable bonds is 4. The van der Waals surface area contributed by atoms with E-state index < -0.39 is 15.9 Å². The lowest BCUT2D eigenvalue weighted by Crippen LogP contribution is -2.35. The fourth-order valence-corrected chi connectivity index (χ4v) is 4.42. The zero-order chi connectivity index (χ0) is 18.7. The Morgan fingerprint density at radius 3 is 2.35 bits per heavy atom. The zero-order valence-electron chi connectivity index (χ0n) is 14.1. The summed E-state index contributed by atoms with van der Waals surface area (Å²) in [6, 6.07) is 9.78. The Labute approximate surface area is 151 Å². The van der Waals surface area contributed by atoms with Crippen LogP contribution in [-0.2, 0) is 10.0 Å². The number of sulfonamides is 1. The van der Waals surface area contributed by atoms with E-state index in [1.807, 2.05) is 0 Å². The molecule has 0 bridgehead atoms. The number of nitrogens with zero attached hydrogens (tertiary/aromatic N) is 1. The molecule has 3 rings (SSSR count). The summed E-state index contributed by atoms with van der Waals surface area (Å²) in [7, 11) is -3.72. The number of hydrogen-bond acceptors (Lipinski definition) is 5. The van der Waals surface area contributed by atoms with Crippen LogP contribution in [0.3, 0.4) is 0 Å². The standard InChI is InChI=1S/C18H20N2O5S/c21-16-9-8-13(26(24,25)20-10-4-1-5-11-20)12-14(16)18(23)19-15-6-2-3-7-17(15)22/h2-3,6-9,12,21-22H,1,4-5,10-11H2,(H,19,23). The Balaban J connectivity index is 1.90. The number of aromatic hydroxyl groups is 2.